The maximum Gasteiger partial charge on any atom is 0.408 e. The second-order valence-electron chi connectivity index (χ2n) is 7.14. The Kier molecular flexibility index (Phi) is 6.91. The van der Waals surface area contributed by atoms with Crippen molar-refractivity contribution in [3.05, 3.63) is 59.9 Å². The molecule has 4 N–H and O–H groups in total. The zero-order valence-electron chi connectivity index (χ0n) is 16.8. The molecule has 0 saturated carbocycles. The molecule has 10 heteroatoms. The molecule has 2 aromatic carbocycles. The smallest absolute Gasteiger partial charge is 0.408 e. The van der Waals surface area contributed by atoms with Crippen LogP contribution in [0.25, 0.3) is 0 Å². The molecule has 0 unspecified atom stereocenters. The zero-order valence-corrected chi connectivity index (χ0v) is 16.8. The molecule has 1 saturated heterocycles. The standard InChI is InChI=1S/C21H23FN4O5/c1-13(23-20(28)31-12-14-5-3-2-4-6-14)19(27)25-17-8-7-15(22)9-18(17)24-16-10-26(11-16)21(29)30/h2-9,13,16,24H,10-12H2,1H3,(H,23,28)(H,25,27)(H,29,30)/t13-/m0/s1. The molecule has 0 aromatic heterocycles. The van der Waals surface area contributed by atoms with E-state index >= 15 is 0 Å². The summed E-state index contributed by atoms with van der Waals surface area (Å²) in [4.78, 5) is 36.5. The summed E-state index contributed by atoms with van der Waals surface area (Å²) in [5, 5.41) is 17.0. The Hall–Kier alpha value is -3.82. The fourth-order valence-electron chi connectivity index (χ4n) is 2.94. The molecule has 1 aliphatic rings. The van der Waals surface area contributed by atoms with Crippen molar-refractivity contribution >= 4 is 29.5 Å². The molecule has 31 heavy (non-hydrogen) atoms. The summed E-state index contributed by atoms with van der Waals surface area (Å²) >= 11 is 0. The number of amides is 3. The predicted molar refractivity (Wildman–Crippen MR) is 111 cm³/mol. The number of carbonyl (C=O) groups excluding carboxylic acids is 2. The van der Waals surface area contributed by atoms with Crippen LogP contribution in [0.1, 0.15) is 12.5 Å². The van der Waals surface area contributed by atoms with E-state index in [4.69, 9.17) is 9.84 Å². The largest absolute Gasteiger partial charge is 0.465 e. The maximum absolute atomic E-state index is 13.7. The molecule has 0 spiro atoms. The van der Waals surface area contributed by atoms with Gasteiger partial charge in [-0.1, -0.05) is 30.3 Å². The average Bonchev–Trinajstić information content (AvgIpc) is 2.71. The number of rotatable bonds is 7. The Morgan fingerprint density at radius 1 is 1.16 bits per heavy atom. The van der Waals surface area contributed by atoms with Crippen LogP contribution >= 0.6 is 0 Å². The first-order valence-electron chi connectivity index (χ1n) is 9.64. The number of hydrogen-bond acceptors (Lipinski definition) is 5. The molecule has 1 heterocycles. The van der Waals surface area contributed by atoms with Crippen molar-refractivity contribution in [2.45, 2.75) is 25.6 Å². The third kappa shape index (κ3) is 6.08. The van der Waals surface area contributed by atoms with Crippen LogP contribution in [0.3, 0.4) is 0 Å². The highest BCUT2D eigenvalue weighted by molar-refractivity contribution is 5.98. The van der Waals surface area contributed by atoms with Crippen LogP contribution in [0.15, 0.2) is 48.5 Å². The van der Waals surface area contributed by atoms with E-state index in [0.717, 1.165) is 5.56 Å². The van der Waals surface area contributed by atoms with Crippen molar-refractivity contribution < 1.29 is 28.6 Å². The van der Waals surface area contributed by atoms with Gasteiger partial charge in [-0.25, -0.2) is 14.0 Å². The molecule has 0 bridgehead atoms. The van der Waals surface area contributed by atoms with E-state index in [-0.39, 0.29) is 25.7 Å². The Bertz CT molecular complexity index is 950. The number of carbonyl (C=O) groups is 3. The maximum atomic E-state index is 13.7. The summed E-state index contributed by atoms with van der Waals surface area (Å²) in [5.41, 5.74) is 1.45. The molecule has 1 aliphatic heterocycles. The van der Waals surface area contributed by atoms with E-state index in [1.165, 1.54) is 30.0 Å². The van der Waals surface area contributed by atoms with E-state index in [0.29, 0.717) is 11.4 Å². The minimum atomic E-state index is -1.02. The molecule has 1 fully saturated rings. The molecule has 1 atom stereocenters. The van der Waals surface area contributed by atoms with Gasteiger partial charge in [0.25, 0.3) is 0 Å². The fraction of sp³-hybridized carbons (Fsp3) is 0.286. The molecule has 3 rings (SSSR count). The normalized spacial score (nSPS) is 14.2. The third-order valence-electron chi connectivity index (χ3n) is 4.69. The molecule has 3 amide bonds. The lowest BCUT2D eigenvalue weighted by molar-refractivity contribution is -0.117. The molecular formula is C21H23FN4O5. The number of hydrogen-bond donors (Lipinski definition) is 4. The number of alkyl carbamates (subject to hydrolysis) is 1. The minimum absolute atomic E-state index is 0.0712. The van der Waals surface area contributed by atoms with Gasteiger partial charge in [-0.05, 0) is 30.7 Å². The lowest BCUT2D eigenvalue weighted by Crippen LogP contribution is -2.56. The van der Waals surface area contributed by atoms with Gasteiger partial charge in [0.15, 0.2) is 0 Å². The summed E-state index contributed by atoms with van der Waals surface area (Å²) < 4.78 is 18.8. The summed E-state index contributed by atoms with van der Waals surface area (Å²) in [5.74, 6) is -1.03. The number of benzene rings is 2. The quantitative estimate of drug-likeness (QED) is 0.536. The van der Waals surface area contributed by atoms with Crippen LogP contribution in [0.2, 0.25) is 0 Å². The number of carboxylic acid groups (broad SMARTS) is 1. The Balaban J connectivity index is 1.53. The van der Waals surface area contributed by atoms with E-state index < -0.39 is 30.0 Å². The summed E-state index contributed by atoms with van der Waals surface area (Å²) in [6, 6.07) is 11.8. The van der Waals surface area contributed by atoms with Crippen molar-refractivity contribution in [1.29, 1.82) is 0 Å². The highest BCUT2D eigenvalue weighted by atomic mass is 19.1. The van der Waals surface area contributed by atoms with Gasteiger partial charge in [0.2, 0.25) is 5.91 Å². The van der Waals surface area contributed by atoms with Crippen molar-refractivity contribution in [3.8, 4) is 0 Å². The van der Waals surface area contributed by atoms with Gasteiger partial charge in [-0.2, -0.15) is 0 Å². The first-order chi connectivity index (χ1) is 14.8. The van der Waals surface area contributed by atoms with E-state index in [2.05, 4.69) is 16.0 Å². The molecule has 0 aliphatic carbocycles. The number of likely N-dealkylation sites (tertiary alicyclic amines) is 1. The second kappa shape index (κ2) is 9.79. The SMILES string of the molecule is C[C@H](NC(=O)OCc1ccccc1)C(=O)Nc1ccc(F)cc1NC1CN(C(=O)O)C1. The summed E-state index contributed by atoms with van der Waals surface area (Å²) in [6.07, 6.45) is -1.77. The highest BCUT2D eigenvalue weighted by Crippen LogP contribution is 2.25. The Morgan fingerprint density at radius 2 is 1.87 bits per heavy atom. The van der Waals surface area contributed by atoms with Crippen LogP contribution in [0.5, 0.6) is 0 Å². The topological polar surface area (TPSA) is 120 Å². The van der Waals surface area contributed by atoms with E-state index in [9.17, 15) is 18.8 Å². The van der Waals surface area contributed by atoms with Gasteiger partial charge in [0.05, 0.1) is 17.4 Å². The van der Waals surface area contributed by atoms with Crippen LogP contribution in [0.4, 0.5) is 25.4 Å². The number of nitrogens with one attached hydrogen (secondary N) is 3. The van der Waals surface area contributed by atoms with Gasteiger partial charge >= 0.3 is 12.2 Å². The molecule has 9 nitrogen and oxygen atoms in total. The molecular weight excluding hydrogens is 407 g/mol. The van der Waals surface area contributed by atoms with Crippen molar-refractivity contribution in [1.82, 2.24) is 10.2 Å². The Morgan fingerprint density at radius 3 is 2.55 bits per heavy atom. The molecule has 2 aromatic rings. The third-order valence-corrected chi connectivity index (χ3v) is 4.69. The van der Waals surface area contributed by atoms with Crippen molar-refractivity contribution in [2.75, 3.05) is 23.7 Å². The number of ether oxygens (including phenoxy) is 1. The van der Waals surface area contributed by atoms with Crippen LogP contribution in [-0.2, 0) is 16.1 Å². The average molecular weight is 430 g/mol. The number of anilines is 2. The fourth-order valence-corrected chi connectivity index (χ4v) is 2.94. The van der Waals surface area contributed by atoms with Crippen LogP contribution in [-0.4, -0.2) is 53.3 Å². The summed E-state index contributed by atoms with van der Waals surface area (Å²) in [6.45, 7) is 2.07. The van der Waals surface area contributed by atoms with Gasteiger partial charge in [-0.15, -0.1) is 0 Å². The van der Waals surface area contributed by atoms with Crippen LogP contribution < -0.4 is 16.0 Å². The molecule has 0 radical (unpaired) electrons. The predicted octanol–water partition coefficient (Wildman–Crippen LogP) is 2.85. The van der Waals surface area contributed by atoms with Gasteiger partial charge < -0.3 is 30.7 Å². The monoisotopic (exact) mass is 430 g/mol. The van der Waals surface area contributed by atoms with Gasteiger partial charge in [0, 0.05) is 13.1 Å². The summed E-state index contributed by atoms with van der Waals surface area (Å²) in [7, 11) is 0. The van der Waals surface area contributed by atoms with Gasteiger partial charge in [0.1, 0.15) is 18.5 Å². The van der Waals surface area contributed by atoms with Gasteiger partial charge in [-0.3, -0.25) is 4.79 Å². The first-order valence-corrected chi connectivity index (χ1v) is 9.64. The van der Waals surface area contributed by atoms with Crippen LogP contribution in [0, 0.1) is 5.82 Å². The Labute approximate surface area is 178 Å². The lowest BCUT2D eigenvalue weighted by Gasteiger charge is -2.38. The zero-order chi connectivity index (χ0) is 22.4. The number of halogens is 1. The second-order valence-corrected chi connectivity index (χ2v) is 7.14. The first kappa shape index (κ1) is 21.9. The van der Waals surface area contributed by atoms with E-state index in [1.807, 2.05) is 30.3 Å². The van der Waals surface area contributed by atoms with E-state index in [1.54, 1.807) is 0 Å². The number of nitrogens with zero attached hydrogens (tertiary/aromatic N) is 1. The van der Waals surface area contributed by atoms with Crippen molar-refractivity contribution in [3.63, 3.8) is 0 Å². The lowest BCUT2D eigenvalue weighted by atomic mass is 10.1. The van der Waals surface area contributed by atoms with Crippen molar-refractivity contribution in [2.24, 2.45) is 0 Å². The minimum Gasteiger partial charge on any atom is -0.465 e. The molecule has 164 valence electrons. The highest BCUT2D eigenvalue weighted by Gasteiger charge is 2.31.